The maximum absolute atomic E-state index is 12.3. The summed E-state index contributed by atoms with van der Waals surface area (Å²) in [5.74, 6) is -0.665. The van der Waals surface area contributed by atoms with Gasteiger partial charge in [-0.15, -0.1) is 0 Å². The number of ether oxygens (including phenoxy) is 1. The first kappa shape index (κ1) is 16.5. The van der Waals surface area contributed by atoms with E-state index in [1.807, 2.05) is 60.7 Å². The molecule has 0 saturated carbocycles. The molecule has 0 unspecified atom stereocenters. The van der Waals surface area contributed by atoms with E-state index >= 15 is 0 Å². The normalized spacial score (nSPS) is 11.4. The number of hydrogen-bond donors (Lipinski definition) is 1. The van der Waals surface area contributed by atoms with Crippen LogP contribution in [-0.4, -0.2) is 25.0 Å². The Morgan fingerprint density at radius 1 is 1.04 bits per heavy atom. The molecule has 5 nitrogen and oxygen atoms in total. The number of nitrogens with zero attached hydrogens (tertiary/aromatic N) is 1. The van der Waals surface area contributed by atoms with Crippen LogP contribution in [0.2, 0.25) is 0 Å². The van der Waals surface area contributed by atoms with Gasteiger partial charge in [-0.1, -0.05) is 48.5 Å². The van der Waals surface area contributed by atoms with Crippen LogP contribution in [0.4, 0.5) is 5.69 Å². The molecule has 0 heterocycles. The number of methoxy groups -OCH3 is 1. The van der Waals surface area contributed by atoms with E-state index in [9.17, 15) is 9.59 Å². The molecule has 1 atom stereocenters. The Morgan fingerprint density at radius 2 is 1.61 bits per heavy atom. The van der Waals surface area contributed by atoms with Crippen molar-refractivity contribution in [1.29, 1.82) is 0 Å². The molecule has 0 aliphatic heterocycles. The van der Waals surface area contributed by atoms with E-state index < -0.39 is 12.0 Å². The number of esters is 1. The summed E-state index contributed by atoms with van der Waals surface area (Å²) in [6.07, 6.45) is 0.419. The molecule has 0 aliphatic carbocycles. The van der Waals surface area contributed by atoms with Crippen molar-refractivity contribution in [2.75, 3.05) is 12.1 Å². The largest absolute Gasteiger partial charge is 0.467 e. The fraction of sp³-hybridized carbons (Fsp3) is 0.222. The monoisotopic (exact) mass is 312 g/mol. The molecule has 0 saturated heterocycles. The first-order chi connectivity index (χ1) is 11.1. The molecule has 1 N–H and O–H groups in total. The van der Waals surface area contributed by atoms with Crippen LogP contribution in [0.25, 0.3) is 0 Å². The molecule has 5 heteroatoms. The van der Waals surface area contributed by atoms with Crippen LogP contribution in [0.3, 0.4) is 0 Å². The van der Waals surface area contributed by atoms with Gasteiger partial charge in [0.2, 0.25) is 5.91 Å². The highest BCUT2D eigenvalue weighted by Gasteiger charge is 2.28. The maximum Gasteiger partial charge on any atom is 0.330 e. The molecule has 0 aromatic heterocycles. The van der Waals surface area contributed by atoms with Crippen molar-refractivity contribution in [2.45, 2.75) is 19.4 Å². The summed E-state index contributed by atoms with van der Waals surface area (Å²) in [7, 11) is 1.34. The highest BCUT2D eigenvalue weighted by atomic mass is 16.5. The van der Waals surface area contributed by atoms with Crippen molar-refractivity contribution in [2.24, 2.45) is 0 Å². The Kier molecular flexibility index (Phi) is 5.74. The lowest BCUT2D eigenvalue weighted by Crippen LogP contribution is -2.53. The van der Waals surface area contributed by atoms with Gasteiger partial charge in [0, 0.05) is 13.3 Å². The number of nitrogens with one attached hydrogen (secondary N) is 1. The number of anilines is 1. The summed E-state index contributed by atoms with van der Waals surface area (Å²) in [4.78, 5) is 23.9. The molecule has 0 bridgehead atoms. The minimum Gasteiger partial charge on any atom is -0.467 e. The second-order valence-electron chi connectivity index (χ2n) is 5.10. The van der Waals surface area contributed by atoms with Crippen molar-refractivity contribution in [3.63, 3.8) is 0 Å². The molecule has 23 heavy (non-hydrogen) atoms. The van der Waals surface area contributed by atoms with Gasteiger partial charge in [0.1, 0.15) is 0 Å². The van der Waals surface area contributed by atoms with Crippen molar-refractivity contribution in [3.05, 3.63) is 66.2 Å². The quantitative estimate of drug-likeness (QED) is 0.657. The molecule has 2 aromatic carbocycles. The van der Waals surface area contributed by atoms with Crippen LogP contribution < -0.4 is 10.4 Å². The second-order valence-corrected chi connectivity index (χ2v) is 5.10. The molecular formula is C18H20N2O3. The number of hydrogen-bond acceptors (Lipinski definition) is 4. The minimum absolute atomic E-state index is 0.254. The first-order valence-corrected chi connectivity index (χ1v) is 7.35. The summed E-state index contributed by atoms with van der Waals surface area (Å²) in [6, 6.07) is 18.2. The number of carbonyl (C=O) groups excluding carboxylic acids is 2. The Bertz CT molecular complexity index is 644. The molecule has 120 valence electrons. The summed E-state index contributed by atoms with van der Waals surface area (Å²) >= 11 is 0. The van der Waals surface area contributed by atoms with E-state index in [0.29, 0.717) is 12.1 Å². The number of rotatable bonds is 6. The Morgan fingerprint density at radius 3 is 2.13 bits per heavy atom. The number of para-hydroxylation sites is 1. The zero-order chi connectivity index (χ0) is 16.7. The molecule has 2 aromatic rings. The van der Waals surface area contributed by atoms with E-state index in [4.69, 9.17) is 4.74 Å². The molecule has 2 rings (SSSR count). The molecule has 0 fully saturated rings. The topological polar surface area (TPSA) is 58.6 Å². The van der Waals surface area contributed by atoms with Gasteiger partial charge >= 0.3 is 5.97 Å². The Balaban J connectivity index is 2.35. The lowest BCUT2D eigenvalue weighted by Gasteiger charge is -2.31. The smallest absolute Gasteiger partial charge is 0.330 e. The van der Waals surface area contributed by atoms with Gasteiger partial charge in [-0.05, 0) is 17.7 Å². The van der Waals surface area contributed by atoms with Gasteiger partial charge in [-0.3, -0.25) is 15.2 Å². The third kappa shape index (κ3) is 4.57. The van der Waals surface area contributed by atoms with E-state index in [1.54, 1.807) is 5.01 Å². The zero-order valence-corrected chi connectivity index (χ0v) is 13.2. The first-order valence-electron chi connectivity index (χ1n) is 7.35. The van der Waals surface area contributed by atoms with Gasteiger partial charge < -0.3 is 4.74 Å². The third-order valence-corrected chi connectivity index (χ3v) is 3.37. The molecule has 0 spiro atoms. The van der Waals surface area contributed by atoms with Crippen LogP contribution in [0.15, 0.2) is 60.7 Å². The van der Waals surface area contributed by atoms with Crippen molar-refractivity contribution in [1.82, 2.24) is 5.43 Å². The number of benzene rings is 2. The van der Waals surface area contributed by atoms with Crippen LogP contribution in [0.5, 0.6) is 0 Å². The fourth-order valence-corrected chi connectivity index (χ4v) is 2.33. The highest BCUT2D eigenvalue weighted by molar-refractivity contribution is 5.83. The van der Waals surface area contributed by atoms with E-state index in [0.717, 1.165) is 5.56 Å². The Hall–Kier alpha value is -2.82. The van der Waals surface area contributed by atoms with Gasteiger partial charge in [0.25, 0.3) is 0 Å². The predicted octanol–water partition coefficient (Wildman–Crippen LogP) is 2.33. The van der Waals surface area contributed by atoms with Crippen LogP contribution in [-0.2, 0) is 20.7 Å². The highest BCUT2D eigenvalue weighted by Crippen LogP contribution is 2.18. The fourth-order valence-electron chi connectivity index (χ4n) is 2.33. The number of amides is 1. The van der Waals surface area contributed by atoms with E-state index in [1.165, 1.54) is 14.0 Å². The summed E-state index contributed by atoms with van der Waals surface area (Å²) < 4.78 is 4.94. The van der Waals surface area contributed by atoms with Gasteiger partial charge in [0.05, 0.1) is 12.8 Å². The second kappa shape index (κ2) is 7.98. The van der Waals surface area contributed by atoms with Gasteiger partial charge in [-0.2, -0.15) is 0 Å². The molecular weight excluding hydrogens is 292 g/mol. The average Bonchev–Trinajstić information content (AvgIpc) is 2.58. The molecule has 1 amide bonds. The Labute approximate surface area is 135 Å². The van der Waals surface area contributed by atoms with Crippen LogP contribution in [0.1, 0.15) is 12.5 Å². The minimum atomic E-state index is -0.659. The van der Waals surface area contributed by atoms with Gasteiger partial charge in [-0.25, -0.2) is 4.79 Å². The van der Waals surface area contributed by atoms with Gasteiger partial charge in [0.15, 0.2) is 6.04 Å². The van der Waals surface area contributed by atoms with E-state index in [-0.39, 0.29) is 5.91 Å². The zero-order valence-electron chi connectivity index (χ0n) is 13.2. The summed E-state index contributed by atoms with van der Waals surface area (Å²) in [5, 5.41) is 1.56. The average molecular weight is 312 g/mol. The standard InChI is InChI=1S/C18H20N2O3/c1-14(21)19-20(16-11-7-4-8-12-16)17(18(22)23-2)13-15-9-5-3-6-10-15/h3-12,17H,13H2,1-2H3,(H,19,21)/t17-/m0/s1. The lowest BCUT2D eigenvalue weighted by molar-refractivity contribution is -0.142. The molecule has 0 aliphatic rings. The van der Waals surface area contributed by atoms with E-state index in [2.05, 4.69) is 5.43 Å². The third-order valence-electron chi connectivity index (χ3n) is 3.37. The summed E-state index contributed by atoms with van der Waals surface area (Å²) in [6.45, 7) is 1.41. The number of carbonyl (C=O) groups is 2. The molecule has 0 radical (unpaired) electrons. The maximum atomic E-state index is 12.3. The number of hydrazine groups is 1. The van der Waals surface area contributed by atoms with Crippen LogP contribution in [0, 0.1) is 0 Å². The summed E-state index contributed by atoms with van der Waals surface area (Å²) in [5.41, 5.74) is 4.42. The SMILES string of the molecule is COC(=O)[C@H](Cc1ccccc1)N(NC(C)=O)c1ccccc1. The van der Waals surface area contributed by atoms with Crippen molar-refractivity contribution in [3.8, 4) is 0 Å². The predicted molar refractivity (Wildman–Crippen MR) is 88.7 cm³/mol. The van der Waals surface area contributed by atoms with Crippen LogP contribution >= 0.6 is 0 Å². The lowest BCUT2D eigenvalue weighted by atomic mass is 10.0. The van der Waals surface area contributed by atoms with Crippen molar-refractivity contribution >= 4 is 17.6 Å². The van der Waals surface area contributed by atoms with Crippen molar-refractivity contribution < 1.29 is 14.3 Å².